The van der Waals surface area contributed by atoms with Gasteiger partial charge in [-0.15, -0.1) is 0 Å². The van der Waals surface area contributed by atoms with E-state index < -0.39 is 34.1 Å². The van der Waals surface area contributed by atoms with Crippen LogP contribution in [0.1, 0.15) is 6.42 Å². The number of methoxy groups -OCH3 is 1. The zero-order valence-electron chi connectivity index (χ0n) is 12.3. The van der Waals surface area contributed by atoms with Crippen molar-refractivity contribution in [1.82, 2.24) is 4.31 Å². The third-order valence-electron chi connectivity index (χ3n) is 2.75. The topological polar surface area (TPSA) is 75.7 Å². The predicted molar refractivity (Wildman–Crippen MR) is 77.9 cm³/mol. The largest absolute Gasteiger partial charge is 0.385 e. The Morgan fingerprint density at radius 1 is 1.36 bits per heavy atom. The second-order valence-corrected chi connectivity index (χ2v) is 6.60. The van der Waals surface area contributed by atoms with Crippen molar-refractivity contribution in [2.45, 2.75) is 6.42 Å². The molecule has 22 heavy (non-hydrogen) atoms. The van der Waals surface area contributed by atoms with Gasteiger partial charge in [0, 0.05) is 26.3 Å². The van der Waals surface area contributed by atoms with Gasteiger partial charge in [-0.25, -0.2) is 17.2 Å². The lowest BCUT2D eigenvalue weighted by atomic mass is 10.3. The van der Waals surface area contributed by atoms with Crippen LogP contribution in [0.2, 0.25) is 0 Å². The first-order valence-corrected chi connectivity index (χ1v) is 8.28. The molecule has 0 fully saturated rings. The van der Waals surface area contributed by atoms with Crippen LogP contribution in [0.15, 0.2) is 18.2 Å². The van der Waals surface area contributed by atoms with Gasteiger partial charge in [-0.1, -0.05) is 0 Å². The Bertz CT molecular complexity index is 622. The number of carbonyl (C=O) groups excluding carboxylic acids is 1. The summed E-state index contributed by atoms with van der Waals surface area (Å²) in [5.74, 6) is -2.42. The minimum atomic E-state index is -3.59. The summed E-state index contributed by atoms with van der Waals surface area (Å²) in [5, 5.41) is 2.21. The van der Waals surface area contributed by atoms with Crippen LogP contribution in [-0.2, 0) is 19.6 Å². The second kappa shape index (κ2) is 8.16. The van der Waals surface area contributed by atoms with Crippen LogP contribution < -0.4 is 5.32 Å². The average molecular weight is 336 g/mol. The first kappa shape index (κ1) is 18.5. The number of nitrogens with zero attached hydrogens (tertiary/aromatic N) is 1. The quantitative estimate of drug-likeness (QED) is 0.724. The first-order valence-electron chi connectivity index (χ1n) is 6.43. The molecule has 1 N–H and O–H groups in total. The molecule has 0 radical (unpaired) electrons. The standard InChI is InChI=1S/C13H18F2N2O4S/c1-21-7-3-6-17(22(2,19)20)9-13(18)16-12-5-4-10(14)8-11(12)15/h4-5,8H,3,6-7,9H2,1-2H3,(H,16,18). The molecule has 0 aliphatic heterocycles. The fraction of sp³-hybridized carbons (Fsp3) is 0.462. The minimum absolute atomic E-state index is 0.103. The summed E-state index contributed by atoms with van der Waals surface area (Å²) < 4.78 is 55.2. The van der Waals surface area contributed by atoms with Crippen LogP contribution in [0.3, 0.4) is 0 Å². The molecule has 124 valence electrons. The molecule has 0 aliphatic rings. The molecule has 9 heteroatoms. The van der Waals surface area contributed by atoms with Crippen LogP contribution in [0.25, 0.3) is 0 Å². The highest BCUT2D eigenvalue weighted by Crippen LogP contribution is 2.15. The highest BCUT2D eigenvalue weighted by Gasteiger charge is 2.20. The molecule has 1 aromatic rings. The van der Waals surface area contributed by atoms with E-state index in [0.29, 0.717) is 19.1 Å². The predicted octanol–water partition coefficient (Wildman–Crippen LogP) is 1.20. The van der Waals surface area contributed by atoms with Gasteiger partial charge in [0.15, 0.2) is 0 Å². The molecule has 0 unspecified atom stereocenters. The number of amides is 1. The average Bonchev–Trinajstić information content (AvgIpc) is 2.40. The molecule has 0 spiro atoms. The normalized spacial score (nSPS) is 11.7. The number of sulfonamides is 1. The van der Waals surface area contributed by atoms with Crippen LogP contribution in [0, 0.1) is 11.6 Å². The number of anilines is 1. The van der Waals surface area contributed by atoms with Gasteiger partial charge in [-0.3, -0.25) is 4.79 Å². The molecular weight excluding hydrogens is 318 g/mol. The third-order valence-corrected chi connectivity index (χ3v) is 4.00. The number of hydrogen-bond acceptors (Lipinski definition) is 4. The number of rotatable bonds is 8. The van der Waals surface area contributed by atoms with Gasteiger partial charge in [0.2, 0.25) is 15.9 Å². The molecule has 0 bridgehead atoms. The summed E-state index contributed by atoms with van der Waals surface area (Å²) in [4.78, 5) is 11.8. The van der Waals surface area contributed by atoms with E-state index in [0.717, 1.165) is 22.7 Å². The van der Waals surface area contributed by atoms with Crippen molar-refractivity contribution in [3.8, 4) is 0 Å². The maximum Gasteiger partial charge on any atom is 0.239 e. The van der Waals surface area contributed by atoms with Gasteiger partial charge < -0.3 is 10.1 Å². The lowest BCUT2D eigenvalue weighted by Gasteiger charge is -2.19. The van der Waals surface area contributed by atoms with Gasteiger partial charge in [-0.05, 0) is 18.6 Å². The smallest absolute Gasteiger partial charge is 0.239 e. The molecule has 0 saturated heterocycles. The summed E-state index contributed by atoms with van der Waals surface area (Å²) in [6.45, 7) is -0.00835. The van der Waals surface area contributed by atoms with Crippen molar-refractivity contribution < 1.29 is 26.7 Å². The summed E-state index contributed by atoms with van der Waals surface area (Å²) in [6, 6.07) is 2.69. The Balaban J connectivity index is 2.70. The number of halogens is 2. The van der Waals surface area contributed by atoms with Crippen LogP contribution >= 0.6 is 0 Å². The Morgan fingerprint density at radius 2 is 2.05 bits per heavy atom. The molecule has 0 atom stereocenters. The lowest BCUT2D eigenvalue weighted by molar-refractivity contribution is -0.116. The maximum absolute atomic E-state index is 13.4. The number of benzene rings is 1. The Hall–Kier alpha value is -1.58. The Labute approximate surface area is 128 Å². The van der Waals surface area contributed by atoms with Crippen LogP contribution in [0.4, 0.5) is 14.5 Å². The van der Waals surface area contributed by atoms with Gasteiger partial charge in [0.25, 0.3) is 0 Å². The van der Waals surface area contributed by atoms with Gasteiger partial charge in [0.1, 0.15) is 11.6 Å². The monoisotopic (exact) mass is 336 g/mol. The summed E-state index contributed by atoms with van der Waals surface area (Å²) in [7, 11) is -2.11. The van der Waals surface area contributed by atoms with E-state index in [2.05, 4.69) is 5.32 Å². The molecule has 1 rings (SSSR count). The van der Waals surface area contributed by atoms with Crippen LogP contribution in [0.5, 0.6) is 0 Å². The Kier molecular flexibility index (Phi) is 6.85. The SMILES string of the molecule is COCCCN(CC(=O)Nc1ccc(F)cc1F)S(C)(=O)=O. The number of hydrogen-bond donors (Lipinski definition) is 1. The Morgan fingerprint density at radius 3 is 2.59 bits per heavy atom. The van der Waals surface area contributed by atoms with E-state index >= 15 is 0 Å². The van der Waals surface area contributed by atoms with Crippen molar-refractivity contribution >= 4 is 21.6 Å². The first-order chi connectivity index (χ1) is 10.2. The fourth-order valence-electron chi connectivity index (χ4n) is 1.69. The summed E-state index contributed by atoms with van der Waals surface area (Å²) in [6.07, 6.45) is 1.40. The van der Waals surface area contributed by atoms with Crippen molar-refractivity contribution in [3.05, 3.63) is 29.8 Å². The molecule has 6 nitrogen and oxygen atoms in total. The molecule has 0 aliphatic carbocycles. The van der Waals surface area contributed by atoms with E-state index in [-0.39, 0.29) is 12.2 Å². The van der Waals surface area contributed by atoms with Crippen molar-refractivity contribution in [3.63, 3.8) is 0 Å². The van der Waals surface area contributed by atoms with Gasteiger partial charge >= 0.3 is 0 Å². The molecular formula is C13H18F2N2O4S. The van der Waals surface area contributed by atoms with Crippen molar-refractivity contribution in [2.75, 3.05) is 38.4 Å². The van der Waals surface area contributed by atoms with Crippen molar-refractivity contribution in [1.29, 1.82) is 0 Å². The summed E-state index contributed by atoms with van der Waals surface area (Å²) in [5.41, 5.74) is -0.211. The number of carbonyl (C=O) groups is 1. The molecule has 0 heterocycles. The highest BCUT2D eigenvalue weighted by atomic mass is 32.2. The summed E-state index contributed by atoms with van der Waals surface area (Å²) >= 11 is 0. The third kappa shape index (κ3) is 6.04. The zero-order chi connectivity index (χ0) is 16.8. The van der Waals surface area contributed by atoms with E-state index in [4.69, 9.17) is 4.74 Å². The minimum Gasteiger partial charge on any atom is -0.385 e. The molecule has 1 amide bonds. The highest BCUT2D eigenvalue weighted by molar-refractivity contribution is 7.88. The second-order valence-electron chi connectivity index (χ2n) is 4.62. The fourth-order valence-corrected chi connectivity index (χ4v) is 2.50. The van der Waals surface area contributed by atoms with Crippen molar-refractivity contribution in [2.24, 2.45) is 0 Å². The maximum atomic E-state index is 13.4. The van der Waals surface area contributed by atoms with E-state index in [1.54, 1.807) is 0 Å². The molecule has 0 saturated carbocycles. The number of nitrogens with one attached hydrogen (secondary N) is 1. The van der Waals surface area contributed by atoms with E-state index in [1.165, 1.54) is 7.11 Å². The lowest BCUT2D eigenvalue weighted by Crippen LogP contribution is -2.38. The van der Waals surface area contributed by atoms with Crippen LogP contribution in [-0.4, -0.2) is 51.7 Å². The van der Waals surface area contributed by atoms with E-state index in [1.807, 2.05) is 0 Å². The molecule has 0 aromatic heterocycles. The van der Waals surface area contributed by atoms with Gasteiger partial charge in [0.05, 0.1) is 18.5 Å². The zero-order valence-corrected chi connectivity index (χ0v) is 13.1. The van der Waals surface area contributed by atoms with E-state index in [9.17, 15) is 22.0 Å². The number of ether oxygens (including phenoxy) is 1. The van der Waals surface area contributed by atoms with Gasteiger partial charge in [-0.2, -0.15) is 4.31 Å². The molecule has 1 aromatic carbocycles.